The molecular weight excluding hydrogens is 265 g/mol. The molecule has 0 heterocycles. The van der Waals surface area contributed by atoms with Crippen LogP contribution in [0.4, 0.5) is 15.8 Å². The van der Waals surface area contributed by atoms with Crippen molar-refractivity contribution in [2.45, 2.75) is 0 Å². The number of benzene rings is 1. The molecule has 0 unspecified atom stereocenters. The Hall–Kier alpha value is -1.74. The van der Waals surface area contributed by atoms with Crippen molar-refractivity contribution in [1.29, 1.82) is 0 Å². The Kier molecular flexibility index (Phi) is 4.56. The van der Waals surface area contributed by atoms with Gasteiger partial charge in [0.1, 0.15) is 5.69 Å². The molecule has 0 spiro atoms. The molecule has 0 fully saturated rings. The minimum Gasteiger partial charge on any atom is -0.378 e. The van der Waals surface area contributed by atoms with E-state index in [4.69, 9.17) is 0 Å². The van der Waals surface area contributed by atoms with Crippen LogP contribution in [0.3, 0.4) is 0 Å². The quantitative estimate of drug-likeness (QED) is 0.452. The summed E-state index contributed by atoms with van der Waals surface area (Å²) < 4.78 is 36.9. The lowest BCUT2D eigenvalue weighted by Crippen LogP contribution is -2.27. The second-order valence-corrected chi connectivity index (χ2v) is 5.32. The molecule has 2 N–H and O–H groups in total. The third-order valence-electron chi connectivity index (χ3n) is 1.97. The Morgan fingerprint density at radius 2 is 2.06 bits per heavy atom. The van der Waals surface area contributed by atoms with Crippen LogP contribution in [-0.4, -0.2) is 32.7 Å². The molecule has 1 aromatic carbocycles. The summed E-state index contributed by atoms with van der Waals surface area (Å²) in [5, 5.41) is 13.2. The summed E-state index contributed by atoms with van der Waals surface area (Å²) in [7, 11) is -3.31. The first kappa shape index (κ1) is 14.3. The first-order chi connectivity index (χ1) is 8.31. The van der Waals surface area contributed by atoms with Gasteiger partial charge in [-0.25, -0.2) is 13.1 Å². The fourth-order valence-corrected chi connectivity index (χ4v) is 1.75. The van der Waals surface area contributed by atoms with Gasteiger partial charge < -0.3 is 5.32 Å². The molecule has 0 aliphatic carbocycles. The van der Waals surface area contributed by atoms with Crippen LogP contribution in [0.5, 0.6) is 0 Å². The highest BCUT2D eigenvalue weighted by Gasteiger charge is 2.19. The molecule has 18 heavy (non-hydrogen) atoms. The number of rotatable bonds is 6. The van der Waals surface area contributed by atoms with Crippen LogP contribution in [0.1, 0.15) is 0 Å². The second kappa shape index (κ2) is 5.74. The van der Waals surface area contributed by atoms with Gasteiger partial charge in [0.2, 0.25) is 15.8 Å². The summed E-state index contributed by atoms with van der Waals surface area (Å²) >= 11 is 0. The van der Waals surface area contributed by atoms with Crippen molar-refractivity contribution in [3.63, 3.8) is 0 Å². The van der Waals surface area contributed by atoms with E-state index in [0.29, 0.717) is 0 Å². The average Bonchev–Trinajstić information content (AvgIpc) is 2.22. The topological polar surface area (TPSA) is 101 Å². The smallest absolute Gasteiger partial charge is 0.327 e. The van der Waals surface area contributed by atoms with Gasteiger partial charge in [-0.1, -0.05) is 6.07 Å². The van der Waals surface area contributed by atoms with Gasteiger partial charge in [0.15, 0.2) is 0 Å². The zero-order valence-electron chi connectivity index (χ0n) is 9.51. The van der Waals surface area contributed by atoms with Gasteiger partial charge in [0.25, 0.3) is 0 Å². The summed E-state index contributed by atoms with van der Waals surface area (Å²) in [6.45, 7) is 0.157. The van der Waals surface area contributed by atoms with Gasteiger partial charge in [0, 0.05) is 13.1 Å². The highest BCUT2D eigenvalue weighted by molar-refractivity contribution is 7.88. The standard InChI is InChI=1S/C9H12FN3O4S/c1-18(16,17)12-6-5-11-8-4-2-3-7(10)9(8)13(14)15/h2-4,11-12H,5-6H2,1H3. The largest absolute Gasteiger partial charge is 0.378 e. The molecule has 0 atom stereocenters. The normalized spacial score (nSPS) is 11.2. The lowest BCUT2D eigenvalue weighted by atomic mass is 10.2. The van der Waals surface area contributed by atoms with Gasteiger partial charge in [-0.15, -0.1) is 0 Å². The molecule has 0 aliphatic heterocycles. The number of sulfonamides is 1. The molecule has 7 nitrogen and oxygen atoms in total. The summed E-state index contributed by atoms with van der Waals surface area (Å²) in [4.78, 5) is 9.82. The second-order valence-electron chi connectivity index (χ2n) is 3.49. The molecule has 0 bridgehead atoms. The molecular formula is C9H12FN3O4S. The number of para-hydroxylation sites is 1. The van der Waals surface area contributed by atoms with E-state index in [9.17, 15) is 22.9 Å². The highest BCUT2D eigenvalue weighted by atomic mass is 32.2. The van der Waals surface area contributed by atoms with Crippen LogP contribution < -0.4 is 10.0 Å². The van der Waals surface area contributed by atoms with Crippen LogP contribution in [0.25, 0.3) is 0 Å². The van der Waals surface area contributed by atoms with Crippen molar-refractivity contribution in [1.82, 2.24) is 4.72 Å². The van der Waals surface area contributed by atoms with Crippen molar-refractivity contribution in [2.75, 3.05) is 24.7 Å². The first-order valence-corrected chi connectivity index (χ1v) is 6.82. The summed E-state index contributed by atoms with van der Waals surface area (Å²) in [5.41, 5.74) is -0.646. The maximum atomic E-state index is 13.2. The number of hydrogen-bond donors (Lipinski definition) is 2. The minimum absolute atomic E-state index is 0.00954. The fraction of sp³-hybridized carbons (Fsp3) is 0.333. The van der Waals surface area contributed by atoms with Crippen molar-refractivity contribution < 1.29 is 17.7 Å². The number of nitro benzene ring substituents is 1. The SMILES string of the molecule is CS(=O)(=O)NCCNc1cccc(F)c1[N+](=O)[O-]. The lowest BCUT2D eigenvalue weighted by Gasteiger charge is -2.07. The Morgan fingerprint density at radius 1 is 1.39 bits per heavy atom. The zero-order chi connectivity index (χ0) is 13.8. The van der Waals surface area contributed by atoms with Gasteiger partial charge in [-0.05, 0) is 12.1 Å². The van der Waals surface area contributed by atoms with E-state index in [2.05, 4.69) is 10.0 Å². The van der Waals surface area contributed by atoms with Gasteiger partial charge >= 0.3 is 5.69 Å². The third-order valence-corrected chi connectivity index (χ3v) is 2.70. The van der Waals surface area contributed by atoms with E-state index >= 15 is 0 Å². The lowest BCUT2D eigenvalue weighted by molar-refractivity contribution is -0.386. The van der Waals surface area contributed by atoms with E-state index in [-0.39, 0.29) is 18.8 Å². The van der Waals surface area contributed by atoms with E-state index < -0.39 is 26.5 Å². The van der Waals surface area contributed by atoms with Crippen molar-refractivity contribution in [2.24, 2.45) is 0 Å². The maximum Gasteiger partial charge on any atom is 0.327 e. The minimum atomic E-state index is -3.31. The molecule has 0 amide bonds. The van der Waals surface area contributed by atoms with Crippen LogP contribution in [0.15, 0.2) is 18.2 Å². The van der Waals surface area contributed by atoms with Crippen LogP contribution in [0, 0.1) is 15.9 Å². The maximum absolute atomic E-state index is 13.2. The monoisotopic (exact) mass is 277 g/mol. The predicted octanol–water partition coefficient (Wildman–Crippen LogP) is 0.695. The number of hydrogen-bond acceptors (Lipinski definition) is 5. The highest BCUT2D eigenvalue weighted by Crippen LogP contribution is 2.26. The van der Waals surface area contributed by atoms with E-state index in [1.54, 1.807) is 0 Å². The third kappa shape index (κ3) is 4.26. The Labute approximate surface area is 103 Å². The van der Waals surface area contributed by atoms with Crippen molar-refractivity contribution in [3.05, 3.63) is 34.1 Å². The number of anilines is 1. The molecule has 0 saturated carbocycles. The molecule has 0 aromatic heterocycles. The number of nitro groups is 1. The summed E-state index contributed by atoms with van der Waals surface area (Å²) in [6, 6.07) is 3.66. The molecule has 9 heteroatoms. The number of nitrogens with one attached hydrogen (secondary N) is 2. The predicted molar refractivity (Wildman–Crippen MR) is 64.4 cm³/mol. The Morgan fingerprint density at radius 3 is 2.61 bits per heavy atom. The summed E-state index contributed by atoms with van der Waals surface area (Å²) in [5.74, 6) is -0.943. The van der Waals surface area contributed by atoms with Gasteiger partial charge in [0.05, 0.1) is 11.2 Å². The molecule has 1 rings (SSSR count). The van der Waals surface area contributed by atoms with E-state index in [1.165, 1.54) is 12.1 Å². The van der Waals surface area contributed by atoms with Gasteiger partial charge in [-0.3, -0.25) is 10.1 Å². The van der Waals surface area contributed by atoms with Crippen LogP contribution >= 0.6 is 0 Å². The average molecular weight is 277 g/mol. The molecule has 0 saturated heterocycles. The molecule has 100 valence electrons. The summed E-state index contributed by atoms with van der Waals surface area (Å²) in [6.07, 6.45) is 0.998. The van der Waals surface area contributed by atoms with Crippen LogP contribution in [0.2, 0.25) is 0 Å². The first-order valence-electron chi connectivity index (χ1n) is 4.92. The van der Waals surface area contributed by atoms with E-state index in [0.717, 1.165) is 12.3 Å². The Balaban J connectivity index is 2.68. The zero-order valence-corrected chi connectivity index (χ0v) is 10.3. The van der Waals surface area contributed by atoms with E-state index in [1.807, 2.05) is 0 Å². The van der Waals surface area contributed by atoms with Crippen LogP contribution in [-0.2, 0) is 10.0 Å². The molecule has 0 radical (unpaired) electrons. The van der Waals surface area contributed by atoms with Gasteiger partial charge in [-0.2, -0.15) is 4.39 Å². The van der Waals surface area contributed by atoms with Crippen molar-refractivity contribution >= 4 is 21.4 Å². The molecule has 1 aromatic rings. The number of nitrogens with zero attached hydrogens (tertiary/aromatic N) is 1. The van der Waals surface area contributed by atoms with Crippen molar-refractivity contribution in [3.8, 4) is 0 Å². The molecule has 0 aliphatic rings. The fourth-order valence-electron chi connectivity index (χ4n) is 1.28. The Bertz CT molecular complexity index is 547. The number of halogens is 1.